The van der Waals surface area contributed by atoms with Crippen molar-refractivity contribution in [2.75, 3.05) is 0 Å². The fourth-order valence-electron chi connectivity index (χ4n) is 3.71. The van der Waals surface area contributed by atoms with Crippen LogP contribution in [0.5, 0.6) is 0 Å². The van der Waals surface area contributed by atoms with Crippen LogP contribution in [0.3, 0.4) is 0 Å². The van der Waals surface area contributed by atoms with Gasteiger partial charge in [-0.1, -0.05) is 31.2 Å². The Balaban J connectivity index is 1.83. The molecule has 0 unspecified atom stereocenters. The van der Waals surface area contributed by atoms with E-state index >= 15 is 0 Å². The Kier molecular flexibility index (Phi) is 6.23. The van der Waals surface area contributed by atoms with Gasteiger partial charge in [0.05, 0.1) is 16.1 Å². The number of primary sulfonamides is 1. The summed E-state index contributed by atoms with van der Waals surface area (Å²) in [5.41, 5.74) is 2.94. The first kappa shape index (κ1) is 23.7. The summed E-state index contributed by atoms with van der Waals surface area (Å²) in [5, 5.41) is 5.22. The molecule has 1 aliphatic heterocycles. The molecule has 1 aliphatic rings. The molecule has 2 aromatic rings. The number of Topliss-reactive ketones (excluding diaryl/α,β-unsaturated/α-hetero) is 1. The lowest BCUT2D eigenvalue weighted by molar-refractivity contribution is 0.00578. The number of carbonyl (C=O) groups is 1. The standard InChI is InChI=1S/C23H30BNO5S/c1-7-17-14-18(9-10-19(17)24-29-22(3,4)23(5,6)30-24)20(26)13-16-8-11-21(15(2)12-16)31(25,27)28/h8-12,14H,7,13H2,1-6H3,(H2,25,27,28). The second-order valence-electron chi connectivity index (χ2n) is 9.10. The van der Waals surface area contributed by atoms with Gasteiger partial charge in [-0.15, -0.1) is 0 Å². The second kappa shape index (κ2) is 8.17. The number of aryl methyl sites for hydroxylation is 2. The molecule has 1 saturated heterocycles. The molecule has 8 heteroatoms. The Bertz CT molecular complexity index is 1110. The van der Waals surface area contributed by atoms with Crippen LogP contribution in [0, 0.1) is 6.92 Å². The van der Waals surface area contributed by atoms with Crippen molar-refractivity contribution in [1.82, 2.24) is 0 Å². The van der Waals surface area contributed by atoms with Gasteiger partial charge in [0.25, 0.3) is 0 Å². The van der Waals surface area contributed by atoms with Crippen molar-refractivity contribution in [2.45, 2.75) is 70.5 Å². The summed E-state index contributed by atoms with van der Waals surface area (Å²) < 4.78 is 35.5. The van der Waals surface area contributed by atoms with Gasteiger partial charge in [-0.2, -0.15) is 0 Å². The molecule has 3 rings (SSSR count). The van der Waals surface area contributed by atoms with E-state index in [0.29, 0.717) is 11.1 Å². The summed E-state index contributed by atoms with van der Waals surface area (Å²) in [6, 6.07) is 10.4. The van der Waals surface area contributed by atoms with Gasteiger partial charge in [-0.3, -0.25) is 4.79 Å². The number of benzene rings is 2. The van der Waals surface area contributed by atoms with E-state index in [1.165, 1.54) is 6.07 Å². The minimum Gasteiger partial charge on any atom is -0.399 e. The molecule has 0 radical (unpaired) electrons. The molecule has 0 aromatic heterocycles. The smallest absolute Gasteiger partial charge is 0.399 e. The first-order valence-electron chi connectivity index (χ1n) is 10.4. The summed E-state index contributed by atoms with van der Waals surface area (Å²) in [5.74, 6) is -0.0436. The Morgan fingerprint density at radius 1 is 1.03 bits per heavy atom. The number of carbonyl (C=O) groups excluding carboxylic acids is 1. The molecule has 1 heterocycles. The van der Waals surface area contributed by atoms with Crippen molar-refractivity contribution in [3.8, 4) is 0 Å². The van der Waals surface area contributed by atoms with E-state index in [1.807, 2.05) is 46.8 Å². The summed E-state index contributed by atoms with van der Waals surface area (Å²) >= 11 is 0. The van der Waals surface area contributed by atoms with Crippen LogP contribution in [0.4, 0.5) is 0 Å². The molecular formula is C23H30BNO5S. The molecular weight excluding hydrogens is 413 g/mol. The van der Waals surface area contributed by atoms with Gasteiger partial charge in [-0.25, -0.2) is 13.6 Å². The van der Waals surface area contributed by atoms with Crippen molar-refractivity contribution < 1.29 is 22.5 Å². The van der Waals surface area contributed by atoms with Crippen molar-refractivity contribution in [2.24, 2.45) is 5.14 Å². The fourth-order valence-corrected chi connectivity index (χ4v) is 4.48. The Hall–Kier alpha value is -2.00. The SMILES string of the molecule is CCc1cc(C(=O)Cc2ccc(S(N)(=O)=O)c(C)c2)ccc1B1OC(C)(C)C(C)(C)O1. The van der Waals surface area contributed by atoms with E-state index in [-0.39, 0.29) is 17.1 Å². The van der Waals surface area contributed by atoms with Gasteiger partial charge in [0.1, 0.15) is 0 Å². The lowest BCUT2D eigenvalue weighted by Crippen LogP contribution is -2.41. The van der Waals surface area contributed by atoms with Gasteiger partial charge in [0.2, 0.25) is 10.0 Å². The van der Waals surface area contributed by atoms with Crippen molar-refractivity contribution in [1.29, 1.82) is 0 Å². The van der Waals surface area contributed by atoms with E-state index in [9.17, 15) is 13.2 Å². The molecule has 31 heavy (non-hydrogen) atoms. The predicted octanol–water partition coefficient (Wildman–Crippen LogP) is 2.93. The molecule has 2 aromatic carbocycles. The third-order valence-electron chi connectivity index (χ3n) is 6.26. The Morgan fingerprint density at radius 2 is 1.65 bits per heavy atom. The topological polar surface area (TPSA) is 95.7 Å². The Morgan fingerprint density at radius 3 is 2.16 bits per heavy atom. The molecule has 0 aliphatic carbocycles. The largest absolute Gasteiger partial charge is 0.495 e. The van der Waals surface area contributed by atoms with E-state index in [1.54, 1.807) is 25.1 Å². The molecule has 0 amide bonds. The lowest BCUT2D eigenvalue weighted by atomic mass is 9.74. The van der Waals surface area contributed by atoms with E-state index in [0.717, 1.165) is 23.0 Å². The highest BCUT2D eigenvalue weighted by molar-refractivity contribution is 7.89. The molecule has 6 nitrogen and oxygen atoms in total. The monoisotopic (exact) mass is 443 g/mol. The van der Waals surface area contributed by atoms with Gasteiger partial charge < -0.3 is 9.31 Å². The van der Waals surface area contributed by atoms with Crippen LogP contribution in [-0.2, 0) is 32.2 Å². The third kappa shape index (κ3) is 4.77. The van der Waals surface area contributed by atoms with Gasteiger partial charge in [0.15, 0.2) is 5.78 Å². The van der Waals surface area contributed by atoms with Crippen molar-refractivity contribution in [3.05, 3.63) is 58.7 Å². The van der Waals surface area contributed by atoms with Gasteiger partial charge >= 0.3 is 7.12 Å². The molecule has 2 N–H and O–H groups in total. The average molecular weight is 443 g/mol. The maximum absolute atomic E-state index is 12.9. The molecule has 166 valence electrons. The zero-order valence-electron chi connectivity index (χ0n) is 19.0. The van der Waals surface area contributed by atoms with Gasteiger partial charge in [-0.05, 0) is 75.3 Å². The van der Waals surface area contributed by atoms with Crippen molar-refractivity contribution in [3.63, 3.8) is 0 Å². The number of rotatable bonds is 6. The minimum absolute atomic E-state index is 0.0436. The van der Waals surface area contributed by atoms with E-state index < -0.39 is 28.3 Å². The number of sulfonamides is 1. The normalized spacial score (nSPS) is 17.7. The lowest BCUT2D eigenvalue weighted by Gasteiger charge is -2.32. The van der Waals surface area contributed by atoms with Crippen LogP contribution in [0.2, 0.25) is 0 Å². The summed E-state index contributed by atoms with van der Waals surface area (Å²) in [7, 11) is -4.25. The molecule has 0 bridgehead atoms. The third-order valence-corrected chi connectivity index (χ3v) is 7.33. The maximum Gasteiger partial charge on any atom is 0.495 e. The molecule has 1 fully saturated rings. The predicted molar refractivity (Wildman–Crippen MR) is 122 cm³/mol. The number of ketones is 1. The van der Waals surface area contributed by atoms with Crippen LogP contribution in [0.25, 0.3) is 0 Å². The summed E-state index contributed by atoms with van der Waals surface area (Å²) in [6.45, 7) is 11.8. The van der Waals surface area contributed by atoms with Crippen LogP contribution in [0.1, 0.15) is 61.7 Å². The highest BCUT2D eigenvalue weighted by atomic mass is 32.2. The first-order valence-corrected chi connectivity index (χ1v) is 11.9. The van der Waals surface area contributed by atoms with Crippen LogP contribution in [-0.4, -0.2) is 32.5 Å². The molecule has 0 saturated carbocycles. The highest BCUT2D eigenvalue weighted by Gasteiger charge is 2.52. The zero-order valence-corrected chi connectivity index (χ0v) is 19.8. The highest BCUT2D eigenvalue weighted by Crippen LogP contribution is 2.36. The molecule has 0 spiro atoms. The van der Waals surface area contributed by atoms with E-state index in [2.05, 4.69) is 0 Å². The first-order chi connectivity index (χ1) is 14.2. The zero-order chi connectivity index (χ0) is 23.2. The molecule has 0 atom stereocenters. The van der Waals surface area contributed by atoms with Crippen molar-refractivity contribution >= 4 is 28.4 Å². The van der Waals surface area contributed by atoms with Crippen LogP contribution >= 0.6 is 0 Å². The number of hydrogen-bond acceptors (Lipinski definition) is 5. The number of hydrogen-bond donors (Lipinski definition) is 1. The second-order valence-corrected chi connectivity index (χ2v) is 10.6. The van der Waals surface area contributed by atoms with Crippen LogP contribution < -0.4 is 10.6 Å². The summed E-state index contributed by atoms with van der Waals surface area (Å²) in [4.78, 5) is 13.0. The average Bonchev–Trinajstić information content (AvgIpc) is 2.87. The minimum atomic E-state index is -3.78. The van der Waals surface area contributed by atoms with Crippen LogP contribution in [0.15, 0.2) is 41.3 Å². The maximum atomic E-state index is 12.9. The fraction of sp³-hybridized carbons (Fsp3) is 0.435. The van der Waals surface area contributed by atoms with E-state index in [4.69, 9.17) is 14.4 Å². The quantitative estimate of drug-likeness (QED) is 0.547. The number of nitrogens with two attached hydrogens (primary N) is 1. The Labute approximate surface area is 185 Å². The van der Waals surface area contributed by atoms with Gasteiger partial charge in [0, 0.05) is 12.0 Å². The summed E-state index contributed by atoms with van der Waals surface area (Å²) in [6.07, 6.45) is 0.910.